The van der Waals surface area contributed by atoms with Gasteiger partial charge in [0.25, 0.3) is 0 Å². The van der Waals surface area contributed by atoms with Crippen molar-refractivity contribution in [2.24, 2.45) is 0 Å². The summed E-state index contributed by atoms with van der Waals surface area (Å²) in [5, 5.41) is 19.1. The molecule has 0 aromatic heterocycles. The van der Waals surface area contributed by atoms with E-state index in [2.05, 4.69) is 15.9 Å². The molecule has 0 bridgehead atoms. The van der Waals surface area contributed by atoms with E-state index in [1.807, 2.05) is 0 Å². The van der Waals surface area contributed by atoms with Crippen molar-refractivity contribution >= 4 is 27.8 Å². The van der Waals surface area contributed by atoms with Crippen LogP contribution in [-0.4, -0.2) is 23.1 Å². The minimum absolute atomic E-state index is 0.00829. The zero-order chi connectivity index (χ0) is 15.4. The van der Waals surface area contributed by atoms with Crippen molar-refractivity contribution in [3.63, 3.8) is 0 Å². The first-order valence-corrected chi connectivity index (χ1v) is 6.88. The topological polar surface area (TPSA) is 66.8 Å². The first kappa shape index (κ1) is 15.1. The fourth-order valence-electron chi connectivity index (χ4n) is 1.77. The lowest BCUT2D eigenvalue weighted by atomic mass is 10.1. The Labute approximate surface area is 130 Å². The summed E-state index contributed by atoms with van der Waals surface area (Å²) in [6.45, 7) is 0. The van der Waals surface area contributed by atoms with E-state index in [1.165, 1.54) is 25.3 Å². The highest BCUT2D eigenvalue weighted by molar-refractivity contribution is 9.10. The molecule has 4 nitrogen and oxygen atoms in total. The lowest BCUT2D eigenvalue weighted by Gasteiger charge is -2.06. The van der Waals surface area contributed by atoms with Crippen LogP contribution in [0.25, 0.3) is 6.08 Å². The molecule has 108 valence electrons. The van der Waals surface area contributed by atoms with Gasteiger partial charge in [-0.3, -0.25) is 4.79 Å². The van der Waals surface area contributed by atoms with E-state index in [0.717, 1.165) is 0 Å². The number of hydrogen-bond donors (Lipinski definition) is 2. The number of phenols is 2. The summed E-state index contributed by atoms with van der Waals surface area (Å²) >= 11 is 3.22. The van der Waals surface area contributed by atoms with E-state index in [1.54, 1.807) is 30.3 Å². The second kappa shape index (κ2) is 6.45. The summed E-state index contributed by atoms with van der Waals surface area (Å²) in [5.74, 6) is 0.139. The number of aromatic hydroxyl groups is 2. The third-order valence-electron chi connectivity index (χ3n) is 2.83. The Morgan fingerprint density at radius 3 is 2.67 bits per heavy atom. The van der Waals surface area contributed by atoms with Crippen molar-refractivity contribution in [3.8, 4) is 17.2 Å². The van der Waals surface area contributed by atoms with Gasteiger partial charge < -0.3 is 14.9 Å². The number of benzene rings is 2. The molecule has 2 aromatic carbocycles. The zero-order valence-corrected chi connectivity index (χ0v) is 12.8. The lowest BCUT2D eigenvalue weighted by molar-refractivity contribution is 0.104. The highest BCUT2D eigenvalue weighted by Crippen LogP contribution is 2.35. The zero-order valence-electron chi connectivity index (χ0n) is 11.2. The van der Waals surface area contributed by atoms with E-state index in [9.17, 15) is 15.0 Å². The maximum atomic E-state index is 12.0. The van der Waals surface area contributed by atoms with Gasteiger partial charge in [-0.15, -0.1) is 0 Å². The molecule has 0 aliphatic heterocycles. The van der Waals surface area contributed by atoms with Gasteiger partial charge >= 0.3 is 0 Å². The number of carbonyl (C=O) groups excluding carboxylic acids is 1. The quantitative estimate of drug-likeness (QED) is 0.652. The van der Waals surface area contributed by atoms with E-state index in [-0.39, 0.29) is 17.3 Å². The van der Waals surface area contributed by atoms with Crippen molar-refractivity contribution < 1.29 is 19.7 Å². The molecular weight excluding hydrogens is 336 g/mol. The number of halogens is 1. The fourth-order valence-corrected chi connectivity index (χ4v) is 2.23. The predicted molar refractivity (Wildman–Crippen MR) is 83.8 cm³/mol. The molecule has 2 N–H and O–H groups in total. The maximum Gasteiger partial charge on any atom is 0.185 e. The number of methoxy groups -OCH3 is 1. The van der Waals surface area contributed by atoms with Gasteiger partial charge in [0, 0.05) is 5.56 Å². The first-order valence-electron chi connectivity index (χ1n) is 6.09. The second-order valence-corrected chi connectivity index (χ2v) is 5.16. The normalized spacial score (nSPS) is 10.8. The summed E-state index contributed by atoms with van der Waals surface area (Å²) in [6, 6.07) is 9.43. The number of phenolic OH excluding ortho intramolecular Hbond substituents is 2. The molecule has 5 heteroatoms. The monoisotopic (exact) mass is 348 g/mol. The van der Waals surface area contributed by atoms with Gasteiger partial charge in [-0.25, -0.2) is 0 Å². The van der Waals surface area contributed by atoms with E-state index < -0.39 is 0 Å². The van der Waals surface area contributed by atoms with Gasteiger partial charge in [-0.2, -0.15) is 0 Å². The van der Waals surface area contributed by atoms with Crippen LogP contribution in [-0.2, 0) is 0 Å². The number of hydrogen-bond acceptors (Lipinski definition) is 4. The Bertz CT molecular complexity index is 707. The molecule has 0 saturated heterocycles. The molecule has 0 fully saturated rings. The number of ether oxygens (including phenoxy) is 1. The minimum atomic E-state index is -0.228. The van der Waals surface area contributed by atoms with Gasteiger partial charge in [-0.05, 0) is 51.8 Å². The predicted octanol–water partition coefficient (Wildman–Crippen LogP) is 3.77. The molecule has 0 saturated carbocycles. The summed E-state index contributed by atoms with van der Waals surface area (Å²) in [6.07, 6.45) is 3.01. The molecule has 0 spiro atoms. The molecule has 2 aromatic rings. The number of rotatable bonds is 4. The van der Waals surface area contributed by atoms with Crippen LogP contribution >= 0.6 is 15.9 Å². The van der Waals surface area contributed by atoms with Gasteiger partial charge in [0.2, 0.25) is 0 Å². The van der Waals surface area contributed by atoms with Crippen molar-refractivity contribution in [1.82, 2.24) is 0 Å². The molecule has 0 aliphatic carbocycles. The number of ketones is 1. The van der Waals surface area contributed by atoms with Crippen LogP contribution in [0.2, 0.25) is 0 Å². The van der Waals surface area contributed by atoms with E-state index >= 15 is 0 Å². The number of allylic oxidation sites excluding steroid dienone is 1. The largest absolute Gasteiger partial charge is 0.508 e. The molecule has 0 atom stereocenters. The van der Waals surface area contributed by atoms with E-state index in [4.69, 9.17) is 4.74 Å². The van der Waals surface area contributed by atoms with Gasteiger partial charge in [0.1, 0.15) is 5.75 Å². The van der Waals surface area contributed by atoms with Gasteiger partial charge in [-0.1, -0.05) is 18.2 Å². The highest BCUT2D eigenvalue weighted by Gasteiger charge is 2.08. The Morgan fingerprint density at radius 1 is 1.24 bits per heavy atom. The van der Waals surface area contributed by atoms with Gasteiger partial charge in [0.15, 0.2) is 17.3 Å². The second-order valence-electron chi connectivity index (χ2n) is 4.30. The fraction of sp³-hybridized carbons (Fsp3) is 0.0625. The van der Waals surface area contributed by atoms with Crippen LogP contribution in [0.15, 0.2) is 46.9 Å². The molecule has 0 heterocycles. The van der Waals surface area contributed by atoms with Crippen LogP contribution in [0.1, 0.15) is 15.9 Å². The Hall–Kier alpha value is -2.27. The maximum absolute atomic E-state index is 12.0. The van der Waals surface area contributed by atoms with Crippen LogP contribution in [0.5, 0.6) is 17.2 Å². The number of carbonyl (C=O) groups is 1. The molecule has 21 heavy (non-hydrogen) atoms. The Morgan fingerprint density at radius 2 is 2.00 bits per heavy atom. The van der Waals surface area contributed by atoms with Crippen LogP contribution in [0, 0.1) is 0 Å². The summed E-state index contributed by atoms with van der Waals surface area (Å²) < 4.78 is 5.52. The van der Waals surface area contributed by atoms with Crippen molar-refractivity contribution in [1.29, 1.82) is 0 Å². The molecule has 0 unspecified atom stereocenters. The van der Waals surface area contributed by atoms with Crippen LogP contribution in [0.4, 0.5) is 0 Å². The molecule has 2 rings (SSSR count). The van der Waals surface area contributed by atoms with Gasteiger partial charge in [0.05, 0.1) is 11.6 Å². The van der Waals surface area contributed by atoms with Crippen molar-refractivity contribution in [3.05, 3.63) is 58.1 Å². The first-order chi connectivity index (χ1) is 10.0. The standard InChI is InChI=1S/C16H13BrO4/c1-21-15-8-10(7-13(17)16(15)20)5-6-14(19)11-3-2-4-12(18)9-11/h2-9,18,20H,1H3. The lowest BCUT2D eigenvalue weighted by Crippen LogP contribution is -1.93. The molecule has 0 amide bonds. The smallest absolute Gasteiger partial charge is 0.185 e. The highest BCUT2D eigenvalue weighted by atomic mass is 79.9. The summed E-state index contributed by atoms with van der Waals surface area (Å²) in [5.41, 5.74) is 1.10. The SMILES string of the molecule is COc1cc(C=CC(=O)c2cccc(O)c2)cc(Br)c1O. The minimum Gasteiger partial charge on any atom is -0.508 e. The molecular formula is C16H13BrO4. The van der Waals surface area contributed by atoms with Crippen molar-refractivity contribution in [2.45, 2.75) is 0 Å². The van der Waals surface area contributed by atoms with Crippen LogP contribution in [0.3, 0.4) is 0 Å². The van der Waals surface area contributed by atoms with E-state index in [0.29, 0.717) is 21.3 Å². The molecule has 0 radical (unpaired) electrons. The molecule has 0 aliphatic rings. The Balaban J connectivity index is 2.25. The average Bonchev–Trinajstić information content (AvgIpc) is 2.48. The summed E-state index contributed by atoms with van der Waals surface area (Å²) in [7, 11) is 1.45. The third kappa shape index (κ3) is 3.64. The Kier molecular flexibility index (Phi) is 4.65. The van der Waals surface area contributed by atoms with Crippen molar-refractivity contribution in [2.75, 3.05) is 7.11 Å². The third-order valence-corrected chi connectivity index (χ3v) is 3.43. The van der Waals surface area contributed by atoms with Crippen LogP contribution < -0.4 is 4.74 Å². The average molecular weight is 349 g/mol. The summed E-state index contributed by atoms with van der Waals surface area (Å²) in [4.78, 5) is 12.0.